The summed E-state index contributed by atoms with van der Waals surface area (Å²) in [6.07, 6.45) is 0.149. The fourth-order valence-electron chi connectivity index (χ4n) is 3.04. The van der Waals surface area contributed by atoms with Gasteiger partial charge in [-0.15, -0.1) is 0 Å². The van der Waals surface area contributed by atoms with E-state index in [1.165, 1.54) is 12.1 Å². The van der Waals surface area contributed by atoms with Crippen LogP contribution < -0.4 is 14.8 Å². The van der Waals surface area contributed by atoms with E-state index in [1.807, 2.05) is 45.9 Å². The Morgan fingerprint density at radius 2 is 1.66 bits per heavy atom. The monoisotopic (exact) mass is 400 g/mol. The molecule has 2 rings (SSSR count). The number of nitrogens with zero attached hydrogens (tertiary/aromatic N) is 1. The molecule has 29 heavy (non-hydrogen) atoms. The lowest BCUT2D eigenvalue weighted by atomic mass is 9.95. The van der Waals surface area contributed by atoms with Crippen LogP contribution in [0.4, 0.5) is 5.69 Å². The molecule has 156 valence electrons. The summed E-state index contributed by atoms with van der Waals surface area (Å²) >= 11 is 0. The molecule has 1 unspecified atom stereocenters. The van der Waals surface area contributed by atoms with Gasteiger partial charge in [-0.1, -0.05) is 32.0 Å². The Morgan fingerprint density at radius 1 is 1.03 bits per heavy atom. The predicted molar refractivity (Wildman–Crippen MR) is 111 cm³/mol. The molecule has 1 N–H and O–H groups in total. The molecule has 0 aliphatic carbocycles. The minimum absolute atomic E-state index is 0.00653. The van der Waals surface area contributed by atoms with Crippen molar-refractivity contribution in [3.8, 4) is 11.5 Å². The molecule has 7 nitrogen and oxygen atoms in total. The van der Waals surface area contributed by atoms with Crippen LogP contribution >= 0.6 is 0 Å². The topological polar surface area (TPSA) is 90.7 Å². The van der Waals surface area contributed by atoms with Gasteiger partial charge in [0, 0.05) is 12.1 Å². The number of ether oxygens (including phenoxy) is 2. The summed E-state index contributed by atoms with van der Waals surface area (Å²) in [5.74, 6) is 1.34. The van der Waals surface area contributed by atoms with Gasteiger partial charge in [-0.25, -0.2) is 0 Å². The third-order valence-electron chi connectivity index (χ3n) is 4.42. The van der Waals surface area contributed by atoms with Crippen LogP contribution in [0.15, 0.2) is 42.5 Å². The van der Waals surface area contributed by atoms with E-state index in [4.69, 9.17) is 9.47 Å². The first kappa shape index (κ1) is 22.2. The van der Waals surface area contributed by atoms with Gasteiger partial charge in [0.15, 0.2) is 11.5 Å². The standard InChI is InChI=1S/C22H28N2O5/c1-5-28-19-12-9-17(14-20(19)29-6-2)22(15(3)4)23-21(25)13-16-7-10-18(11-8-16)24(26)27/h7-12,14-15,22H,5-6,13H2,1-4H3,(H,23,25). The molecule has 0 aliphatic heterocycles. The van der Waals surface area contributed by atoms with Crippen molar-refractivity contribution in [2.24, 2.45) is 5.92 Å². The molecule has 0 radical (unpaired) electrons. The number of amides is 1. The molecule has 0 bridgehead atoms. The first-order chi connectivity index (χ1) is 13.8. The number of nitro groups is 1. The number of rotatable bonds is 10. The zero-order valence-corrected chi connectivity index (χ0v) is 17.3. The number of nitrogens with one attached hydrogen (secondary N) is 1. The van der Waals surface area contributed by atoms with Crippen molar-refractivity contribution in [1.82, 2.24) is 5.32 Å². The quantitative estimate of drug-likeness (QED) is 0.470. The average Bonchev–Trinajstić information content (AvgIpc) is 2.68. The Hall–Kier alpha value is -3.09. The molecule has 1 amide bonds. The van der Waals surface area contributed by atoms with E-state index in [0.717, 1.165) is 11.1 Å². The van der Waals surface area contributed by atoms with Crippen molar-refractivity contribution in [3.63, 3.8) is 0 Å². The van der Waals surface area contributed by atoms with E-state index in [2.05, 4.69) is 5.32 Å². The highest BCUT2D eigenvalue weighted by molar-refractivity contribution is 5.79. The predicted octanol–water partition coefficient (Wildman–Crippen LogP) is 4.45. The molecular formula is C22H28N2O5. The van der Waals surface area contributed by atoms with Gasteiger partial charge >= 0.3 is 0 Å². The van der Waals surface area contributed by atoms with Crippen molar-refractivity contribution in [3.05, 3.63) is 63.7 Å². The van der Waals surface area contributed by atoms with Crippen LogP contribution in [-0.4, -0.2) is 24.0 Å². The van der Waals surface area contributed by atoms with Crippen LogP contribution in [0.25, 0.3) is 0 Å². The highest BCUT2D eigenvalue weighted by Gasteiger charge is 2.20. The van der Waals surface area contributed by atoms with Gasteiger partial charge in [0.1, 0.15) is 0 Å². The Kier molecular flexibility index (Phi) is 8.00. The van der Waals surface area contributed by atoms with Gasteiger partial charge in [0.25, 0.3) is 5.69 Å². The summed E-state index contributed by atoms with van der Waals surface area (Å²) in [5, 5.41) is 13.8. The Bertz CT molecular complexity index is 834. The first-order valence-corrected chi connectivity index (χ1v) is 9.77. The normalized spacial score (nSPS) is 11.8. The second-order valence-electron chi connectivity index (χ2n) is 6.96. The molecule has 0 aliphatic rings. The lowest BCUT2D eigenvalue weighted by Gasteiger charge is -2.24. The van der Waals surface area contributed by atoms with Crippen molar-refractivity contribution >= 4 is 11.6 Å². The average molecular weight is 400 g/mol. The van der Waals surface area contributed by atoms with Crippen molar-refractivity contribution in [1.29, 1.82) is 0 Å². The van der Waals surface area contributed by atoms with Gasteiger partial charge in [-0.2, -0.15) is 0 Å². The Morgan fingerprint density at radius 3 is 2.21 bits per heavy atom. The Labute approximate surface area is 171 Å². The first-order valence-electron chi connectivity index (χ1n) is 9.77. The molecule has 0 aromatic heterocycles. The number of non-ortho nitro benzene ring substituents is 1. The highest BCUT2D eigenvalue weighted by atomic mass is 16.6. The zero-order valence-electron chi connectivity index (χ0n) is 17.3. The molecule has 0 saturated heterocycles. The smallest absolute Gasteiger partial charge is 0.269 e. The molecular weight excluding hydrogens is 372 g/mol. The summed E-state index contributed by atoms with van der Waals surface area (Å²) in [6.45, 7) is 8.95. The lowest BCUT2D eigenvalue weighted by Crippen LogP contribution is -2.32. The fraction of sp³-hybridized carbons (Fsp3) is 0.409. The molecule has 2 aromatic rings. The SMILES string of the molecule is CCOc1ccc(C(NC(=O)Cc2ccc([N+](=O)[O-])cc2)C(C)C)cc1OCC. The fourth-order valence-corrected chi connectivity index (χ4v) is 3.04. The van der Waals surface area contributed by atoms with Crippen LogP contribution in [0.2, 0.25) is 0 Å². The van der Waals surface area contributed by atoms with Crippen LogP contribution in [-0.2, 0) is 11.2 Å². The molecule has 7 heteroatoms. The van der Waals surface area contributed by atoms with Crippen LogP contribution in [0.5, 0.6) is 11.5 Å². The van der Waals surface area contributed by atoms with E-state index < -0.39 is 4.92 Å². The number of hydrogen-bond acceptors (Lipinski definition) is 5. The maximum absolute atomic E-state index is 12.6. The lowest BCUT2D eigenvalue weighted by molar-refractivity contribution is -0.384. The van der Waals surface area contributed by atoms with Gasteiger partial charge in [-0.3, -0.25) is 14.9 Å². The van der Waals surface area contributed by atoms with E-state index in [0.29, 0.717) is 24.7 Å². The van der Waals surface area contributed by atoms with Gasteiger partial charge < -0.3 is 14.8 Å². The third-order valence-corrected chi connectivity index (χ3v) is 4.42. The molecule has 0 saturated carbocycles. The van der Waals surface area contributed by atoms with E-state index in [-0.39, 0.29) is 30.0 Å². The van der Waals surface area contributed by atoms with Crippen molar-refractivity contribution in [2.45, 2.75) is 40.2 Å². The highest BCUT2D eigenvalue weighted by Crippen LogP contribution is 2.33. The summed E-state index contributed by atoms with van der Waals surface area (Å²) < 4.78 is 11.3. The zero-order chi connectivity index (χ0) is 21.4. The maximum atomic E-state index is 12.6. The van der Waals surface area contributed by atoms with Crippen molar-refractivity contribution < 1.29 is 19.2 Å². The number of carbonyl (C=O) groups excluding carboxylic acids is 1. The maximum Gasteiger partial charge on any atom is 0.269 e. The molecule has 0 fully saturated rings. The second kappa shape index (κ2) is 10.5. The number of hydrogen-bond donors (Lipinski definition) is 1. The largest absolute Gasteiger partial charge is 0.490 e. The second-order valence-corrected chi connectivity index (χ2v) is 6.96. The number of benzene rings is 2. The summed E-state index contributed by atoms with van der Waals surface area (Å²) in [5.41, 5.74) is 1.66. The molecule has 1 atom stereocenters. The summed E-state index contributed by atoms with van der Waals surface area (Å²) in [6, 6.07) is 11.5. The Balaban J connectivity index is 2.15. The van der Waals surface area contributed by atoms with Crippen LogP contribution in [0.3, 0.4) is 0 Å². The molecule has 2 aromatic carbocycles. The minimum Gasteiger partial charge on any atom is -0.490 e. The van der Waals surface area contributed by atoms with Crippen LogP contribution in [0, 0.1) is 16.0 Å². The third kappa shape index (κ3) is 6.20. The molecule has 0 heterocycles. The van der Waals surface area contributed by atoms with E-state index in [9.17, 15) is 14.9 Å². The minimum atomic E-state index is -0.458. The van der Waals surface area contributed by atoms with E-state index >= 15 is 0 Å². The van der Waals surface area contributed by atoms with Crippen LogP contribution in [0.1, 0.15) is 44.9 Å². The number of carbonyl (C=O) groups is 1. The van der Waals surface area contributed by atoms with Gasteiger partial charge in [-0.05, 0) is 43.0 Å². The molecule has 0 spiro atoms. The summed E-state index contributed by atoms with van der Waals surface area (Å²) in [4.78, 5) is 22.9. The number of nitro benzene ring substituents is 1. The summed E-state index contributed by atoms with van der Waals surface area (Å²) in [7, 11) is 0. The van der Waals surface area contributed by atoms with Gasteiger partial charge in [0.2, 0.25) is 5.91 Å². The van der Waals surface area contributed by atoms with Crippen molar-refractivity contribution in [2.75, 3.05) is 13.2 Å². The van der Waals surface area contributed by atoms with E-state index in [1.54, 1.807) is 12.1 Å². The van der Waals surface area contributed by atoms with Gasteiger partial charge in [0.05, 0.1) is 30.6 Å².